The van der Waals surface area contributed by atoms with Crippen LogP contribution in [-0.2, 0) is 4.79 Å². The van der Waals surface area contributed by atoms with Gasteiger partial charge in [-0.1, -0.05) is 12.2 Å². The van der Waals surface area contributed by atoms with Gasteiger partial charge in [-0.05, 0) is 18.6 Å². The molecule has 5 nitrogen and oxygen atoms in total. The lowest BCUT2D eigenvalue weighted by atomic mass is 10.2. The number of likely N-dealkylation sites (N-methyl/N-ethyl adjacent to an activating group) is 1. The molecular weight excluding hydrogens is 236 g/mol. The van der Waals surface area contributed by atoms with Crippen LogP contribution in [0.2, 0.25) is 0 Å². The zero-order valence-electron chi connectivity index (χ0n) is 9.51. The molecule has 1 aromatic heterocycles. The summed E-state index contributed by atoms with van der Waals surface area (Å²) in [5.74, 6) is 0.114. The number of anilines is 1. The quantitative estimate of drug-likeness (QED) is 0.758. The molecule has 0 bridgehead atoms. The van der Waals surface area contributed by atoms with Crippen molar-refractivity contribution in [2.75, 3.05) is 18.9 Å². The van der Waals surface area contributed by atoms with Crippen molar-refractivity contribution in [1.82, 2.24) is 9.88 Å². The van der Waals surface area contributed by atoms with E-state index in [1.165, 1.54) is 0 Å². The van der Waals surface area contributed by atoms with E-state index in [0.717, 1.165) is 18.7 Å². The van der Waals surface area contributed by atoms with Gasteiger partial charge in [-0.2, -0.15) is 0 Å². The summed E-state index contributed by atoms with van der Waals surface area (Å²) in [6.45, 7) is 0.787. The third-order valence-electron chi connectivity index (χ3n) is 2.78. The van der Waals surface area contributed by atoms with Crippen molar-refractivity contribution < 1.29 is 4.79 Å². The molecule has 0 aliphatic carbocycles. The smallest absolute Gasteiger partial charge is 0.244 e. The fraction of sp³-hybridized carbons (Fsp3) is 0.364. The minimum atomic E-state index is -0.155. The first-order valence-corrected chi connectivity index (χ1v) is 5.76. The topological polar surface area (TPSA) is 71.2 Å². The molecule has 3 N–H and O–H groups in total. The first-order chi connectivity index (χ1) is 8.08. The van der Waals surface area contributed by atoms with Gasteiger partial charge in [-0.3, -0.25) is 9.78 Å². The molecule has 0 aromatic carbocycles. The van der Waals surface area contributed by atoms with Crippen molar-refractivity contribution in [2.45, 2.75) is 12.5 Å². The summed E-state index contributed by atoms with van der Waals surface area (Å²) in [4.78, 5) is 17.8. The summed E-state index contributed by atoms with van der Waals surface area (Å²) in [6, 6.07) is 3.42. The number of pyridine rings is 1. The predicted molar refractivity (Wildman–Crippen MR) is 69.8 cm³/mol. The highest BCUT2D eigenvalue weighted by Gasteiger charge is 2.28. The summed E-state index contributed by atoms with van der Waals surface area (Å²) in [5.41, 5.74) is 6.84. The van der Waals surface area contributed by atoms with Crippen LogP contribution < -0.4 is 11.1 Å². The number of hydrogen-bond acceptors (Lipinski definition) is 4. The fourth-order valence-electron chi connectivity index (χ4n) is 1.78. The molecule has 6 heteroatoms. The Balaban J connectivity index is 2.04. The number of thiocarbonyl (C=S) groups is 1. The summed E-state index contributed by atoms with van der Waals surface area (Å²) in [5, 5.41) is 3.15. The summed E-state index contributed by atoms with van der Waals surface area (Å²) in [6.07, 6.45) is 2.45. The number of nitrogens with two attached hydrogens (primary N) is 1. The number of nitrogens with one attached hydrogen (secondary N) is 1. The molecule has 0 radical (unpaired) electrons. The number of amides is 1. The van der Waals surface area contributed by atoms with Crippen molar-refractivity contribution in [3.05, 3.63) is 24.0 Å². The van der Waals surface area contributed by atoms with E-state index < -0.39 is 0 Å². The van der Waals surface area contributed by atoms with Crippen molar-refractivity contribution in [3.8, 4) is 0 Å². The van der Waals surface area contributed by atoms with Gasteiger partial charge < -0.3 is 16.0 Å². The van der Waals surface area contributed by atoms with Crippen LogP contribution in [0.3, 0.4) is 0 Å². The Morgan fingerprint density at radius 2 is 2.41 bits per heavy atom. The number of likely N-dealkylation sites (tertiary alicyclic amines) is 1. The van der Waals surface area contributed by atoms with E-state index in [-0.39, 0.29) is 16.9 Å². The Morgan fingerprint density at radius 1 is 1.65 bits per heavy atom. The summed E-state index contributed by atoms with van der Waals surface area (Å²) >= 11 is 4.82. The monoisotopic (exact) mass is 250 g/mol. The lowest BCUT2D eigenvalue weighted by Crippen LogP contribution is -2.31. The molecule has 1 unspecified atom stereocenters. The van der Waals surface area contributed by atoms with E-state index in [1.54, 1.807) is 24.2 Å². The van der Waals surface area contributed by atoms with Gasteiger partial charge >= 0.3 is 0 Å². The maximum atomic E-state index is 11.7. The second kappa shape index (κ2) is 4.67. The lowest BCUT2D eigenvalue weighted by Gasteiger charge is -2.13. The second-order valence-corrected chi connectivity index (χ2v) is 4.48. The van der Waals surface area contributed by atoms with Crippen molar-refractivity contribution in [1.29, 1.82) is 0 Å². The van der Waals surface area contributed by atoms with Crippen LogP contribution in [0, 0.1) is 0 Å². The zero-order valence-corrected chi connectivity index (χ0v) is 10.3. The highest BCUT2D eigenvalue weighted by Crippen LogP contribution is 2.15. The molecular formula is C11H14N4OS. The van der Waals surface area contributed by atoms with Crippen molar-refractivity contribution >= 4 is 28.8 Å². The molecule has 1 saturated heterocycles. The van der Waals surface area contributed by atoms with E-state index in [9.17, 15) is 4.79 Å². The summed E-state index contributed by atoms with van der Waals surface area (Å²) < 4.78 is 0. The third kappa shape index (κ3) is 2.52. The molecule has 90 valence electrons. The average Bonchev–Trinajstić information content (AvgIpc) is 2.62. The molecule has 0 saturated carbocycles. The van der Waals surface area contributed by atoms with Gasteiger partial charge in [0.2, 0.25) is 5.91 Å². The SMILES string of the molecule is CN1CCC(Nc2ccc(C(N)=S)nc2)C1=O. The van der Waals surface area contributed by atoms with Gasteiger partial charge in [0, 0.05) is 13.6 Å². The standard InChI is InChI=1S/C11H14N4OS/c1-15-5-4-9(11(15)16)14-7-2-3-8(10(12)17)13-6-7/h2-3,6,9,14H,4-5H2,1H3,(H2,12,17). The largest absolute Gasteiger partial charge is 0.388 e. The maximum absolute atomic E-state index is 11.7. The molecule has 1 aliphatic rings. The van der Waals surface area contributed by atoms with Crippen LogP contribution in [0.15, 0.2) is 18.3 Å². The van der Waals surface area contributed by atoms with Gasteiger partial charge in [0.15, 0.2) is 0 Å². The first kappa shape index (κ1) is 11.8. The normalized spacial score (nSPS) is 19.5. The van der Waals surface area contributed by atoms with Crippen LogP contribution in [0.1, 0.15) is 12.1 Å². The molecule has 1 aliphatic heterocycles. The van der Waals surface area contributed by atoms with Crippen LogP contribution in [-0.4, -0.2) is 40.4 Å². The number of nitrogens with zero attached hydrogens (tertiary/aromatic N) is 2. The molecule has 1 fully saturated rings. The van der Waals surface area contributed by atoms with E-state index in [0.29, 0.717) is 5.69 Å². The van der Waals surface area contributed by atoms with Gasteiger partial charge in [0.1, 0.15) is 11.0 Å². The number of aromatic nitrogens is 1. The van der Waals surface area contributed by atoms with Gasteiger partial charge in [0.05, 0.1) is 17.6 Å². The molecule has 2 rings (SSSR count). The van der Waals surface area contributed by atoms with Crippen molar-refractivity contribution in [2.24, 2.45) is 5.73 Å². The second-order valence-electron chi connectivity index (χ2n) is 4.04. The molecule has 1 amide bonds. The van der Waals surface area contributed by atoms with E-state index >= 15 is 0 Å². The van der Waals surface area contributed by atoms with Crippen LogP contribution in [0.5, 0.6) is 0 Å². The predicted octanol–water partition coefficient (Wildman–Crippen LogP) is 0.358. The Kier molecular flexibility index (Phi) is 3.23. The number of carbonyl (C=O) groups is 1. The third-order valence-corrected chi connectivity index (χ3v) is 2.99. The molecule has 17 heavy (non-hydrogen) atoms. The first-order valence-electron chi connectivity index (χ1n) is 5.35. The number of hydrogen-bond donors (Lipinski definition) is 2. The maximum Gasteiger partial charge on any atom is 0.244 e. The van der Waals surface area contributed by atoms with Gasteiger partial charge in [-0.25, -0.2) is 0 Å². The van der Waals surface area contributed by atoms with E-state index in [4.69, 9.17) is 18.0 Å². The van der Waals surface area contributed by atoms with E-state index in [2.05, 4.69) is 10.3 Å². The highest BCUT2D eigenvalue weighted by molar-refractivity contribution is 7.80. The average molecular weight is 250 g/mol. The van der Waals surface area contributed by atoms with Crippen LogP contribution >= 0.6 is 12.2 Å². The minimum absolute atomic E-state index is 0.114. The summed E-state index contributed by atoms with van der Waals surface area (Å²) in [7, 11) is 1.80. The Morgan fingerprint density at radius 3 is 2.88 bits per heavy atom. The molecule has 1 aromatic rings. The Hall–Kier alpha value is -1.69. The Bertz CT molecular complexity index is 445. The van der Waals surface area contributed by atoms with Crippen molar-refractivity contribution in [3.63, 3.8) is 0 Å². The lowest BCUT2D eigenvalue weighted by molar-refractivity contribution is -0.127. The van der Waals surface area contributed by atoms with Gasteiger partial charge in [-0.15, -0.1) is 0 Å². The fourth-order valence-corrected chi connectivity index (χ4v) is 1.90. The van der Waals surface area contributed by atoms with E-state index in [1.807, 2.05) is 6.07 Å². The highest BCUT2D eigenvalue weighted by atomic mass is 32.1. The van der Waals surface area contributed by atoms with Crippen LogP contribution in [0.25, 0.3) is 0 Å². The van der Waals surface area contributed by atoms with Gasteiger partial charge in [0.25, 0.3) is 0 Å². The molecule has 2 heterocycles. The molecule has 0 spiro atoms. The minimum Gasteiger partial charge on any atom is -0.388 e. The molecule has 1 atom stereocenters. The zero-order chi connectivity index (χ0) is 12.4. The Labute approximate surface area is 105 Å². The number of rotatable bonds is 3. The number of carbonyl (C=O) groups excluding carboxylic acids is 1. The van der Waals surface area contributed by atoms with Crippen LogP contribution in [0.4, 0.5) is 5.69 Å².